The first kappa shape index (κ1) is 17.6. The van der Waals surface area contributed by atoms with Gasteiger partial charge in [0.05, 0.1) is 6.61 Å². The second-order valence-electron chi connectivity index (χ2n) is 6.22. The molecule has 0 aromatic heterocycles. The molecule has 0 aromatic carbocycles. The number of ether oxygens (including phenoxy) is 1. The van der Waals surface area contributed by atoms with Crippen molar-refractivity contribution < 1.29 is 14.0 Å². The molecule has 0 N–H and O–H groups in total. The lowest BCUT2D eigenvalue weighted by Gasteiger charge is -2.36. The highest BCUT2D eigenvalue weighted by Gasteiger charge is 2.36. The van der Waals surface area contributed by atoms with Crippen LogP contribution in [0.3, 0.4) is 0 Å². The van der Waals surface area contributed by atoms with Crippen molar-refractivity contribution in [3.63, 3.8) is 0 Å². The van der Waals surface area contributed by atoms with E-state index in [0.717, 1.165) is 25.9 Å². The minimum atomic E-state index is -1.59. The van der Waals surface area contributed by atoms with Crippen molar-refractivity contribution in [3.05, 3.63) is 0 Å². The highest BCUT2D eigenvalue weighted by molar-refractivity contribution is 6.74. The molecule has 0 aliphatic heterocycles. The third-order valence-corrected chi connectivity index (χ3v) is 8.14. The van der Waals surface area contributed by atoms with Crippen LogP contribution in [-0.2, 0) is 14.0 Å². The van der Waals surface area contributed by atoms with Crippen LogP contribution in [0.2, 0.25) is 18.1 Å². The Morgan fingerprint density at radius 1 is 1.11 bits per heavy atom. The summed E-state index contributed by atoms with van der Waals surface area (Å²) in [7, 11) is -1.59. The van der Waals surface area contributed by atoms with Gasteiger partial charge in [0.15, 0.2) is 8.32 Å². The number of rotatable bonds is 8. The highest BCUT2D eigenvalue weighted by atomic mass is 28.4. The molecule has 0 bridgehead atoms. The Morgan fingerprint density at radius 2 is 1.72 bits per heavy atom. The molecule has 4 heteroatoms. The molecular weight excluding hydrogens is 244 g/mol. The molecule has 108 valence electrons. The molecule has 0 unspecified atom stereocenters. The summed E-state index contributed by atoms with van der Waals surface area (Å²) in [6, 6.07) is 0. The first-order chi connectivity index (χ1) is 8.20. The van der Waals surface area contributed by atoms with Crippen molar-refractivity contribution in [1.29, 1.82) is 0 Å². The summed E-state index contributed by atoms with van der Waals surface area (Å²) in [5, 5.41) is 0.276. The third kappa shape index (κ3) is 7.16. The summed E-state index contributed by atoms with van der Waals surface area (Å²) >= 11 is 0. The summed E-state index contributed by atoms with van der Waals surface area (Å²) in [5.74, 6) is -0.0807. The lowest BCUT2D eigenvalue weighted by atomic mass is 10.2. The number of carbonyl (C=O) groups excluding carboxylic acids is 1. The van der Waals surface area contributed by atoms with Crippen molar-refractivity contribution in [1.82, 2.24) is 0 Å². The highest BCUT2D eigenvalue weighted by Crippen LogP contribution is 2.36. The van der Waals surface area contributed by atoms with E-state index >= 15 is 0 Å². The van der Waals surface area contributed by atoms with E-state index < -0.39 is 8.32 Å². The quantitative estimate of drug-likeness (QED) is 0.379. The van der Waals surface area contributed by atoms with Crippen molar-refractivity contribution in [2.24, 2.45) is 0 Å². The average Bonchev–Trinajstić information content (AvgIpc) is 2.21. The Bertz CT molecular complexity index is 244. The standard InChI is InChI=1S/C14H30O3Si/c1-7-16-13(15)11-9-8-10-12-17-18(5,6)14(2,3)4/h7-12H2,1-6H3. The zero-order chi connectivity index (χ0) is 14.2. The molecular formula is C14H30O3Si. The molecule has 0 amide bonds. The summed E-state index contributed by atoms with van der Waals surface area (Å²) in [5.41, 5.74) is 0. The summed E-state index contributed by atoms with van der Waals surface area (Å²) < 4.78 is 11.0. The largest absolute Gasteiger partial charge is 0.466 e. The first-order valence-electron chi connectivity index (χ1n) is 7.00. The van der Waals surface area contributed by atoms with E-state index in [1.165, 1.54) is 0 Å². The van der Waals surface area contributed by atoms with Crippen molar-refractivity contribution in [3.8, 4) is 0 Å². The van der Waals surface area contributed by atoms with E-state index in [4.69, 9.17) is 9.16 Å². The van der Waals surface area contributed by atoms with Crippen LogP contribution in [-0.4, -0.2) is 27.5 Å². The number of esters is 1. The van der Waals surface area contributed by atoms with Crippen molar-refractivity contribution in [2.75, 3.05) is 13.2 Å². The van der Waals surface area contributed by atoms with E-state index in [1.807, 2.05) is 6.92 Å². The number of hydrogen-bond donors (Lipinski definition) is 0. The second kappa shape index (κ2) is 7.95. The van der Waals surface area contributed by atoms with Gasteiger partial charge in [0.2, 0.25) is 0 Å². The predicted octanol–water partition coefficient (Wildman–Crippen LogP) is 4.13. The summed E-state index contributed by atoms with van der Waals surface area (Å²) in [6.45, 7) is 14.4. The van der Waals surface area contributed by atoms with Gasteiger partial charge in [-0.15, -0.1) is 0 Å². The normalized spacial score (nSPS) is 12.6. The lowest BCUT2D eigenvalue weighted by Crippen LogP contribution is -2.40. The molecule has 0 aliphatic rings. The average molecular weight is 274 g/mol. The van der Waals surface area contributed by atoms with Gasteiger partial charge >= 0.3 is 5.97 Å². The van der Waals surface area contributed by atoms with Crippen molar-refractivity contribution >= 4 is 14.3 Å². The van der Waals surface area contributed by atoms with Crippen molar-refractivity contribution in [2.45, 2.75) is 71.5 Å². The van der Waals surface area contributed by atoms with Gasteiger partial charge in [-0.2, -0.15) is 0 Å². The van der Waals surface area contributed by atoms with E-state index in [9.17, 15) is 4.79 Å². The molecule has 0 fully saturated rings. The molecule has 3 nitrogen and oxygen atoms in total. The molecule has 0 radical (unpaired) electrons. The van der Waals surface area contributed by atoms with Crippen LogP contribution >= 0.6 is 0 Å². The molecule has 0 atom stereocenters. The predicted molar refractivity (Wildman–Crippen MR) is 78.3 cm³/mol. The summed E-state index contributed by atoms with van der Waals surface area (Å²) in [6.07, 6.45) is 3.51. The molecule has 0 aromatic rings. The van der Waals surface area contributed by atoms with Crippen LogP contribution in [0.1, 0.15) is 53.4 Å². The Labute approximate surface area is 113 Å². The molecule has 0 saturated carbocycles. The van der Waals surface area contributed by atoms with Crippen LogP contribution < -0.4 is 0 Å². The van der Waals surface area contributed by atoms with Gasteiger partial charge in [0, 0.05) is 13.0 Å². The molecule has 0 rings (SSSR count). The van der Waals surface area contributed by atoms with Crippen LogP contribution in [0.25, 0.3) is 0 Å². The Balaban J connectivity index is 3.60. The molecule has 0 saturated heterocycles. The Hall–Kier alpha value is -0.353. The smallest absolute Gasteiger partial charge is 0.305 e. The van der Waals surface area contributed by atoms with Crippen LogP contribution in [0.5, 0.6) is 0 Å². The fourth-order valence-electron chi connectivity index (χ4n) is 1.33. The molecule has 0 aliphatic carbocycles. The number of hydrogen-bond acceptors (Lipinski definition) is 3. The van der Waals surface area contributed by atoms with Crippen LogP contribution in [0.15, 0.2) is 0 Å². The molecule has 0 heterocycles. The first-order valence-corrected chi connectivity index (χ1v) is 9.91. The van der Waals surface area contributed by atoms with Gasteiger partial charge in [-0.05, 0) is 37.9 Å². The maximum Gasteiger partial charge on any atom is 0.305 e. The maximum absolute atomic E-state index is 11.1. The lowest BCUT2D eigenvalue weighted by molar-refractivity contribution is -0.143. The van der Waals surface area contributed by atoms with Crippen LogP contribution in [0, 0.1) is 0 Å². The number of unbranched alkanes of at least 4 members (excludes halogenated alkanes) is 2. The van der Waals surface area contributed by atoms with Gasteiger partial charge < -0.3 is 9.16 Å². The SMILES string of the molecule is CCOC(=O)CCCCCO[Si](C)(C)C(C)(C)C. The Kier molecular flexibility index (Phi) is 7.79. The second-order valence-corrected chi connectivity index (χ2v) is 11.0. The third-order valence-electron chi connectivity index (χ3n) is 3.60. The topological polar surface area (TPSA) is 35.5 Å². The van der Waals surface area contributed by atoms with Gasteiger partial charge in [-0.25, -0.2) is 0 Å². The van der Waals surface area contributed by atoms with E-state index in [0.29, 0.717) is 13.0 Å². The zero-order valence-corrected chi connectivity index (χ0v) is 14.0. The molecule has 18 heavy (non-hydrogen) atoms. The van der Waals surface area contributed by atoms with Gasteiger partial charge in [-0.1, -0.05) is 27.2 Å². The van der Waals surface area contributed by atoms with Gasteiger partial charge in [0.1, 0.15) is 0 Å². The zero-order valence-electron chi connectivity index (χ0n) is 13.0. The van der Waals surface area contributed by atoms with E-state index in [1.54, 1.807) is 0 Å². The van der Waals surface area contributed by atoms with Crippen LogP contribution in [0.4, 0.5) is 0 Å². The van der Waals surface area contributed by atoms with Gasteiger partial charge in [-0.3, -0.25) is 4.79 Å². The minimum absolute atomic E-state index is 0.0807. The fraction of sp³-hybridized carbons (Fsp3) is 0.929. The maximum atomic E-state index is 11.1. The Morgan fingerprint density at radius 3 is 2.22 bits per heavy atom. The minimum Gasteiger partial charge on any atom is -0.466 e. The van der Waals surface area contributed by atoms with E-state index in [-0.39, 0.29) is 11.0 Å². The number of carbonyl (C=O) groups is 1. The fourth-order valence-corrected chi connectivity index (χ4v) is 2.41. The molecule has 0 spiro atoms. The monoisotopic (exact) mass is 274 g/mol. The summed E-state index contributed by atoms with van der Waals surface area (Å²) in [4.78, 5) is 11.1. The van der Waals surface area contributed by atoms with Gasteiger partial charge in [0.25, 0.3) is 0 Å². The van der Waals surface area contributed by atoms with E-state index in [2.05, 4.69) is 33.9 Å².